The number of ketones is 2. The van der Waals surface area contributed by atoms with Crippen LogP contribution in [0.25, 0.3) is 0 Å². The fourth-order valence-electron chi connectivity index (χ4n) is 2.36. The largest absolute Gasteiger partial charge is 0.300 e. The molecule has 0 bridgehead atoms. The summed E-state index contributed by atoms with van der Waals surface area (Å²) in [5.74, 6) is 2.85. The van der Waals surface area contributed by atoms with Crippen LogP contribution in [0, 0.1) is 0 Å². The lowest BCUT2D eigenvalue weighted by molar-refractivity contribution is -0.117. The summed E-state index contributed by atoms with van der Waals surface area (Å²) in [6, 6.07) is 0. The van der Waals surface area contributed by atoms with Crippen LogP contribution in [0.15, 0.2) is 0 Å². The molecular formula is C18H34O2S4. The molecule has 1 fully saturated rings. The molecule has 24 heavy (non-hydrogen) atoms. The SMILES string of the molecule is CC(=O)CCCCC(S)CCS.CC(=O)CCCCC1CCSS1. The Bertz CT molecular complexity index is 331. The van der Waals surface area contributed by atoms with Crippen LogP contribution in [-0.4, -0.2) is 33.6 Å². The number of thiol groups is 2. The van der Waals surface area contributed by atoms with Gasteiger partial charge in [0.1, 0.15) is 11.6 Å². The van der Waals surface area contributed by atoms with E-state index in [-0.39, 0.29) is 0 Å². The Hall–Kier alpha value is 0.740. The minimum atomic E-state index is 0.292. The van der Waals surface area contributed by atoms with Crippen molar-refractivity contribution in [2.24, 2.45) is 0 Å². The van der Waals surface area contributed by atoms with Crippen LogP contribution in [0.4, 0.5) is 0 Å². The molecule has 0 aromatic heterocycles. The third-order valence-electron chi connectivity index (χ3n) is 3.81. The van der Waals surface area contributed by atoms with Crippen molar-refractivity contribution in [2.45, 2.75) is 88.6 Å². The average Bonchev–Trinajstić information content (AvgIpc) is 3.02. The van der Waals surface area contributed by atoms with Crippen LogP contribution in [0.5, 0.6) is 0 Å². The first-order valence-corrected chi connectivity index (χ1v) is 12.5. The maximum atomic E-state index is 10.6. The zero-order valence-corrected chi connectivity index (χ0v) is 18.6. The molecule has 0 spiro atoms. The highest BCUT2D eigenvalue weighted by Gasteiger charge is 2.15. The third kappa shape index (κ3) is 17.6. The summed E-state index contributed by atoms with van der Waals surface area (Å²) in [5, 5.41) is 1.34. The number of hydrogen-bond donors (Lipinski definition) is 2. The van der Waals surface area contributed by atoms with Crippen LogP contribution in [-0.2, 0) is 9.59 Å². The van der Waals surface area contributed by atoms with Crippen molar-refractivity contribution in [3.8, 4) is 0 Å². The van der Waals surface area contributed by atoms with E-state index in [2.05, 4.69) is 25.3 Å². The molecule has 2 nitrogen and oxygen atoms in total. The molecule has 0 aliphatic carbocycles. The molecule has 2 unspecified atom stereocenters. The first-order valence-electron chi connectivity index (χ1n) is 9.01. The summed E-state index contributed by atoms with van der Waals surface area (Å²) < 4.78 is 0. The van der Waals surface area contributed by atoms with Gasteiger partial charge in [-0.05, 0) is 58.1 Å². The molecular weight excluding hydrogens is 376 g/mol. The van der Waals surface area contributed by atoms with Gasteiger partial charge in [-0.15, -0.1) is 0 Å². The smallest absolute Gasteiger partial charge is 0.129 e. The standard InChI is InChI=1S/C9H16OS2.C9H18OS2/c1-8(10)4-2-3-5-9-6-7-11-12-9;1-8(10)4-2-3-5-9(12)6-7-11/h9H,2-7H2,1H3;9,11-12H,2-7H2,1H3. The molecule has 1 rings (SSSR count). The van der Waals surface area contributed by atoms with Crippen molar-refractivity contribution in [3.63, 3.8) is 0 Å². The van der Waals surface area contributed by atoms with Crippen LogP contribution in [0.3, 0.4) is 0 Å². The quantitative estimate of drug-likeness (QED) is 0.233. The highest BCUT2D eigenvalue weighted by Crippen LogP contribution is 2.39. The van der Waals surface area contributed by atoms with Crippen LogP contribution in [0.1, 0.15) is 78.1 Å². The summed E-state index contributed by atoms with van der Waals surface area (Å²) in [6.07, 6.45) is 10.8. The van der Waals surface area contributed by atoms with Gasteiger partial charge in [-0.2, -0.15) is 25.3 Å². The fraction of sp³-hybridized carbons (Fsp3) is 0.889. The molecule has 0 aromatic rings. The van der Waals surface area contributed by atoms with E-state index in [0.717, 1.165) is 55.9 Å². The second-order valence-electron chi connectivity index (χ2n) is 6.39. The summed E-state index contributed by atoms with van der Waals surface area (Å²) >= 11 is 8.54. The van der Waals surface area contributed by atoms with Gasteiger partial charge in [0.2, 0.25) is 0 Å². The molecule has 0 N–H and O–H groups in total. The van der Waals surface area contributed by atoms with Crippen molar-refractivity contribution in [1.82, 2.24) is 0 Å². The van der Waals surface area contributed by atoms with Crippen LogP contribution in [0.2, 0.25) is 0 Å². The Morgan fingerprint density at radius 1 is 1.04 bits per heavy atom. The molecule has 0 radical (unpaired) electrons. The Labute approximate surface area is 167 Å². The topological polar surface area (TPSA) is 34.1 Å². The molecule has 2 atom stereocenters. The second kappa shape index (κ2) is 17.2. The molecule has 1 saturated heterocycles. The fourth-order valence-corrected chi connectivity index (χ4v) is 6.21. The lowest BCUT2D eigenvalue weighted by Gasteiger charge is -2.07. The maximum Gasteiger partial charge on any atom is 0.129 e. The van der Waals surface area contributed by atoms with E-state index in [1.165, 1.54) is 25.0 Å². The molecule has 6 heteroatoms. The van der Waals surface area contributed by atoms with Gasteiger partial charge in [0, 0.05) is 29.1 Å². The highest BCUT2D eigenvalue weighted by atomic mass is 33.1. The number of Topliss-reactive ketones (excluding diaryl/α,β-unsaturated/α-hetero) is 2. The zero-order valence-electron chi connectivity index (χ0n) is 15.2. The van der Waals surface area contributed by atoms with Gasteiger partial charge in [-0.25, -0.2) is 0 Å². The lowest BCUT2D eigenvalue weighted by Crippen LogP contribution is -2.00. The third-order valence-corrected chi connectivity index (χ3v) is 7.59. The molecule has 1 aliphatic heterocycles. The van der Waals surface area contributed by atoms with Gasteiger partial charge in [-0.1, -0.05) is 34.4 Å². The van der Waals surface area contributed by atoms with Crippen molar-refractivity contribution >= 4 is 58.4 Å². The van der Waals surface area contributed by atoms with E-state index in [1.54, 1.807) is 13.8 Å². The van der Waals surface area contributed by atoms with E-state index in [1.807, 2.05) is 21.6 Å². The Morgan fingerprint density at radius 3 is 2.17 bits per heavy atom. The minimum absolute atomic E-state index is 0.292. The van der Waals surface area contributed by atoms with Gasteiger partial charge in [0.05, 0.1) is 0 Å². The van der Waals surface area contributed by atoms with Gasteiger partial charge >= 0.3 is 0 Å². The normalized spacial score (nSPS) is 17.9. The van der Waals surface area contributed by atoms with Crippen molar-refractivity contribution in [2.75, 3.05) is 11.5 Å². The molecule has 0 aromatic carbocycles. The van der Waals surface area contributed by atoms with Gasteiger partial charge in [0.15, 0.2) is 0 Å². The van der Waals surface area contributed by atoms with Crippen LogP contribution < -0.4 is 0 Å². The van der Waals surface area contributed by atoms with E-state index in [4.69, 9.17) is 0 Å². The molecule has 1 heterocycles. The Balaban J connectivity index is 0.000000441. The second-order valence-corrected chi connectivity index (χ2v) is 10.4. The van der Waals surface area contributed by atoms with E-state index in [0.29, 0.717) is 16.8 Å². The number of carbonyl (C=O) groups excluding carboxylic acids is 2. The number of carbonyl (C=O) groups is 2. The average molecular weight is 411 g/mol. The first-order chi connectivity index (χ1) is 11.5. The van der Waals surface area contributed by atoms with Crippen LogP contribution >= 0.6 is 46.8 Å². The van der Waals surface area contributed by atoms with Crippen molar-refractivity contribution in [3.05, 3.63) is 0 Å². The number of rotatable bonds is 12. The van der Waals surface area contributed by atoms with E-state index >= 15 is 0 Å². The first kappa shape index (κ1) is 24.7. The molecule has 0 saturated carbocycles. The Morgan fingerprint density at radius 2 is 1.67 bits per heavy atom. The summed E-state index contributed by atoms with van der Waals surface area (Å²) in [5.41, 5.74) is 0. The summed E-state index contributed by atoms with van der Waals surface area (Å²) in [6.45, 7) is 3.33. The minimum Gasteiger partial charge on any atom is -0.300 e. The lowest BCUT2D eigenvalue weighted by atomic mass is 10.1. The number of hydrogen-bond acceptors (Lipinski definition) is 6. The van der Waals surface area contributed by atoms with E-state index in [9.17, 15) is 9.59 Å². The highest BCUT2D eigenvalue weighted by molar-refractivity contribution is 8.77. The monoisotopic (exact) mass is 410 g/mol. The Kier molecular flexibility index (Phi) is 17.7. The van der Waals surface area contributed by atoms with Gasteiger partial charge < -0.3 is 9.59 Å². The maximum absolute atomic E-state index is 10.6. The van der Waals surface area contributed by atoms with Crippen molar-refractivity contribution < 1.29 is 9.59 Å². The molecule has 0 amide bonds. The van der Waals surface area contributed by atoms with Gasteiger partial charge in [0.25, 0.3) is 0 Å². The van der Waals surface area contributed by atoms with Gasteiger partial charge in [-0.3, -0.25) is 0 Å². The summed E-state index contributed by atoms with van der Waals surface area (Å²) in [7, 11) is 4.03. The molecule has 142 valence electrons. The predicted octanol–water partition coefficient (Wildman–Crippen LogP) is 6.04. The predicted molar refractivity (Wildman–Crippen MR) is 118 cm³/mol. The summed E-state index contributed by atoms with van der Waals surface area (Å²) in [4.78, 5) is 21.2. The molecule has 1 aliphatic rings. The number of unbranched alkanes of at least 4 members (excludes halogenated alkanes) is 2. The zero-order chi connectivity index (χ0) is 18.2. The van der Waals surface area contributed by atoms with Crippen molar-refractivity contribution in [1.29, 1.82) is 0 Å². The van der Waals surface area contributed by atoms with E-state index < -0.39 is 0 Å².